The lowest BCUT2D eigenvalue weighted by Gasteiger charge is -2.12. The molecular formula is C10H11F2NO. The van der Waals surface area contributed by atoms with Crippen molar-refractivity contribution in [3.05, 3.63) is 29.6 Å². The average Bonchev–Trinajstić information content (AvgIpc) is 2.84. The molecule has 0 saturated heterocycles. The van der Waals surface area contributed by atoms with Gasteiger partial charge in [0.05, 0.1) is 5.69 Å². The fraction of sp³-hybridized carbons (Fsp3) is 0.500. The molecule has 76 valence electrons. The number of aliphatic hydroxyl groups is 1. The number of aromatic nitrogens is 1. The Labute approximate surface area is 80.6 Å². The van der Waals surface area contributed by atoms with Crippen LogP contribution in [0.1, 0.15) is 31.2 Å². The summed E-state index contributed by atoms with van der Waals surface area (Å²) in [5.41, 5.74) is -0.867. The van der Waals surface area contributed by atoms with Crippen molar-refractivity contribution < 1.29 is 13.9 Å². The van der Waals surface area contributed by atoms with Crippen LogP contribution in [0.2, 0.25) is 0 Å². The van der Waals surface area contributed by atoms with E-state index in [4.69, 9.17) is 0 Å². The minimum absolute atomic E-state index is 0.282. The number of pyridine rings is 1. The lowest BCUT2D eigenvalue weighted by molar-refractivity contribution is 0.0119. The van der Waals surface area contributed by atoms with Crippen LogP contribution in [0, 0.1) is 0 Å². The van der Waals surface area contributed by atoms with Crippen LogP contribution in [0.5, 0.6) is 0 Å². The fourth-order valence-electron chi connectivity index (χ4n) is 1.31. The minimum atomic E-state index is -2.94. The quantitative estimate of drug-likeness (QED) is 0.791. The van der Waals surface area contributed by atoms with Crippen molar-refractivity contribution in [3.63, 3.8) is 0 Å². The van der Waals surface area contributed by atoms with Crippen LogP contribution < -0.4 is 0 Å². The van der Waals surface area contributed by atoms with Gasteiger partial charge in [-0.05, 0) is 25.0 Å². The van der Waals surface area contributed by atoms with Crippen molar-refractivity contribution in [2.24, 2.45) is 0 Å². The van der Waals surface area contributed by atoms with Crippen LogP contribution in [0.15, 0.2) is 18.2 Å². The number of hydrogen-bond donors (Lipinski definition) is 1. The molecule has 1 aliphatic rings. The molecule has 0 bridgehead atoms. The summed E-state index contributed by atoms with van der Waals surface area (Å²) in [5.74, 6) is -2.94. The molecule has 0 aliphatic heterocycles. The van der Waals surface area contributed by atoms with E-state index >= 15 is 0 Å². The van der Waals surface area contributed by atoms with E-state index in [0.29, 0.717) is 18.5 Å². The predicted octanol–water partition coefficient (Wildman–Crippen LogP) is 2.17. The van der Waals surface area contributed by atoms with Gasteiger partial charge in [0.25, 0.3) is 5.92 Å². The Kier molecular flexibility index (Phi) is 1.86. The van der Waals surface area contributed by atoms with Crippen molar-refractivity contribution in [1.82, 2.24) is 4.98 Å². The molecule has 0 radical (unpaired) electrons. The molecular weight excluding hydrogens is 188 g/mol. The Morgan fingerprint density at radius 2 is 2.07 bits per heavy atom. The second kappa shape index (κ2) is 2.73. The predicted molar refractivity (Wildman–Crippen MR) is 46.9 cm³/mol. The molecule has 1 heterocycles. The number of hydrogen-bond acceptors (Lipinski definition) is 2. The second-order valence-corrected chi connectivity index (χ2v) is 3.83. The van der Waals surface area contributed by atoms with E-state index in [-0.39, 0.29) is 5.69 Å². The van der Waals surface area contributed by atoms with Crippen LogP contribution >= 0.6 is 0 Å². The topological polar surface area (TPSA) is 33.1 Å². The third-order valence-corrected chi connectivity index (χ3v) is 2.40. The second-order valence-electron chi connectivity index (χ2n) is 3.83. The van der Waals surface area contributed by atoms with E-state index in [1.54, 1.807) is 6.07 Å². The molecule has 1 fully saturated rings. The van der Waals surface area contributed by atoms with Crippen LogP contribution in [0.4, 0.5) is 8.78 Å². The molecule has 0 amide bonds. The van der Waals surface area contributed by atoms with Crippen molar-refractivity contribution >= 4 is 0 Å². The number of halogens is 2. The Hall–Kier alpha value is -1.03. The first kappa shape index (κ1) is 9.52. The van der Waals surface area contributed by atoms with Gasteiger partial charge in [-0.3, -0.25) is 0 Å². The van der Waals surface area contributed by atoms with E-state index in [1.165, 1.54) is 12.1 Å². The van der Waals surface area contributed by atoms with Gasteiger partial charge in [0.1, 0.15) is 11.3 Å². The van der Waals surface area contributed by atoms with Crippen molar-refractivity contribution in [1.29, 1.82) is 0 Å². The van der Waals surface area contributed by atoms with Gasteiger partial charge in [-0.25, -0.2) is 4.98 Å². The molecule has 1 saturated carbocycles. The maximum atomic E-state index is 12.9. The zero-order valence-corrected chi connectivity index (χ0v) is 7.80. The molecule has 2 nitrogen and oxygen atoms in total. The zero-order chi connectivity index (χ0) is 10.4. The molecule has 1 aromatic rings. The fourth-order valence-corrected chi connectivity index (χ4v) is 1.31. The van der Waals surface area contributed by atoms with Crippen LogP contribution in [-0.2, 0) is 11.5 Å². The number of nitrogens with zero attached hydrogens (tertiary/aromatic N) is 1. The third kappa shape index (κ3) is 1.62. The zero-order valence-electron chi connectivity index (χ0n) is 7.80. The van der Waals surface area contributed by atoms with Gasteiger partial charge in [-0.2, -0.15) is 8.78 Å². The maximum Gasteiger partial charge on any atom is 0.286 e. The highest BCUT2D eigenvalue weighted by Gasteiger charge is 2.44. The van der Waals surface area contributed by atoms with Gasteiger partial charge in [0.2, 0.25) is 0 Å². The highest BCUT2D eigenvalue weighted by atomic mass is 19.3. The van der Waals surface area contributed by atoms with Crippen LogP contribution in [0.25, 0.3) is 0 Å². The highest BCUT2D eigenvalue weighted by Crippen LogP contribution is 2.44. The maximum absolute atomic E-state index is 12.9. The van der Waals surface area contributed by atoms with Gasteiger partial charge >= 0.3 is 0 Å². The first-order chi connectivity index (χ1) is 6.42. The Balaban J connectivity index is 2.37. The van der Waals surface area contributed by atoms with E-state index in [9.17, 15) is 13.9 Å². The molecule has 0 atom stereocenters. The summed E-state index contributed by atoms with van der Waals surface area (Å²) in [7, 11) is 0. The summed E-state index contributed by atoms with van der Waals surface area (Å²) < 4.78 is 25.8. The third-order valence-electron chi connectivity index (χ3n) is 2.40. The summed E-state index contributed by atoms with van der Waals surface area (Å²) >= 11 is 0. The van der Waals surface area contributed by atoms with Crippen molar-refractivity contribution in [2.75, 3.05) is 0 Å². The standard InChI is InChI=1S/C10H11F2NO/c1-9(11,12)7-3-2-4-8(13-7)10(14)5-6-10/h2-4,14H,5-6H2,1H3. The molecule has 0 aromatic carbocycles. The lowest BCUT2D eigenvalue weighted by Crippen LogP contribution is -2.14. The average molecular weight is 199 g/mol. The van der Waals surface area contributed by atoms with Gasteiger partial charge in [0.15, 0.2) is 0 Å². The molecule has 2 rings (SSSR count). The van der Waals surface area contributed by atoms with Gasteiger partial charge in [-0.1, -0.05) is 6.07 Å². The van der Waals surface area contributed by atoms with E-state index in [0.717, 1.165) is 6.92 Å². The van der Waals surface area contributed by atoms with Crippen LogP contribution in [-0.4, -0.2) is 10.1 Å². The highest BCUT2D eigenvalue weighted by molar-refractivity contribution is 5.23. The van der Waals surface area contributed by atoms with Gasteiger partial charge < -0.3 is 5.11 Å². The first-order valence-corrected chi connectivity index (χ1v) is 4.50. The molecule has 0 spiro atoms. The number of rotatable bonds is 2. The smallest absolute Gasteiger partial charge is 0.286 e. The van der Waals surface area contributed by atoms with Crippen LogP contribution in [0.3, 0.4) is 0 Å². The minimum Gasteiger partial charge on any atom is -0.384 e. The summed E-state index contributed by atoms with van der Waals surface area (Å²) in [6, 6.07) is 4.36. The SMILES string of the molecule is CC(F)(F)c1cccc(C2(O)CC2)n1. The van der Waals surface area contributed by atoms with Crippen molar-refractivity contribution in [3.8, 4) is 0 Å². The Morgan fingerprint density at radius 1 is 1.43 bits per heavy atom. The largest absolute Gasteiger partial charge is 0.384 e. The van der Waals surface area contributed by atoms with E-state index < -0.39 is 11.5 Å². The molecule has 1 aliphatic carbocycles. The molecule has 1 aromatic heterocycles. The van der Waals surface area contributed by atoms with E-state index in [1.807, 2.05) is 0 Å². The summed E-state index contributed by atoms with van der Waals surface area (Å²) in [5, 5.41) is 9.68. The van der Waals surface area contributed by atoms with Crippen molar-refractivity contribution in [2.45, 2.75) is 31.3 Å². The normalized spacial score (nSPS) is 19.4. The molecule has 1 N–H and O–H groups in total. The molecule has 4 heteroatoms. The van der Waals surface area contributed by atoms with Gasteiger partial charge in [-0.15, -0.1) is 0 Å². The lowest BCUT2D eigenvalue weighted by atomic mass is 10.1. The first-order valence-electron chi connectivity index (χ1n) is 4.50. The summed E-state index contributed by atoms with van der Waals surface area (Å²) in [6.45, 7) is 0.802. The van der Waals surface area contributed by atoms with E-state index in [2.05, 4.69) is 4.98 Å². The molecule has 0 unspecified atom stereocenters. The Bertz CT molecular complexity index is 335. The Morgan fingerprint density at radius 3 is 2.57 bits per heavy atom. The van der Waals surface area contributed by atoms with Gasteiger partial charge in [0, 0.05) is 6.92 Å². The summed E-state index contributed by atoms with van der Waals surface area (Å²) in [4.78, 5) is 3.78. The monoisotopic (exact) mass is 199 g/mol. The molecule has 14 heavy (non-hydrogen) atoms. The number of alkyl halides is 2. The summed E-state index contributed by atoms with van der Waals surface area (Å²) in [6.07, 6.45) is 1.22.